The summed E-state index contributed by atoms with van der Waals surface area (Å²) in [6, 6.07) is 9.46. The first-order valence-electron chi connectivity index (χ1n) is 8.79. The van der Waals surface area contributed by atoms with Gasteiger partial charge in [-0.1, -0.05) is 12.1 Å². The minimum absolute atomic E-state index is 0.0708. The van der Waals surface area contributed by atoms with E-state index in [1.54, 1.807) is 0 Å². The topological polar surface area (TPSA) is 94.5 Å². The summed E-state index contributed by atoms with van der Waals surface area (Å²) < 4.78 is 5.30. The van der Waals surface area contributed by atoms with Gasteiger partial charge in [0, 0.05) is 19.1 Å². The maximum Gasteiger partial charge on any atom is 0.407 e. The Morgan fingerprint density at radius 1 is 1.27 bits per heavy atom. The highest BCUT2D eigenvalue weighted by atomic mass is 16.6. The van der Waals surface area contributed by atoms with Crippen molar-refractivity contribution in [2.45, 2.75) is 51.7 Å². The molecule has 7 nitrogen and oxygen atoms in total. The molecule has 1 aliphatic rings. The van der Waals surface area contributed by atoms with Crippen LogP contribution in [0.5, 0.6) is 0 Å². The molecule has 0 unspecified atom stereocenters. The van der Waals surface area contributed by atoms with E-state index in [0.717, 1.165) is 31.6 Å². The molecule has 2 N–H and O–H groups in total. The SMILES string of the molecule is CC(C)(C)OC(=O)NC1CCN(c2ccccc2NC(=O)CC#N)CC1. The molecule has 140 valence electrons. The van der Waals surface area contributed by atoms with Crippen molar-refractivity contribution in [3.05, 3.63) is 24.3 Å². The number of hydrogen-bond acceptors (Lipinski definition) is 5. The van der Waals surface area contributed by atoms with Crippen molar-refractivity contribution in [1.29, 1.82) is 5.26 Å². The molecule has 0 bridgehead atoms. The Morgan fingerprint density at radius 2 is 1.92 bits per heavy atom. The Balaban J connectivity index is 1.93. The molecular weight excluding hydrogens is 332 g/mol. The average molecular weight is 358 g/mol. The van der Waals surface area contributed by atoms with Gasteiger partial charge in [0.05, 0.1) is 17.4 Å². The zero-order valence-corrected chi connectivity index (χ0v) is 15.5. The van der Waals surface area contributed by atoms with Crippen molar-refractivity contribution < 1.29 is 14.3 Å². The third-order valence-corrected chi connectivity index (χ3v) is 3.97. The molecule has 0 saturated carbocycles. The van der Waals surface area contributed by atoms with E-state index in [1.165, 1.54) is 0 Å². The number of carbonyl (C=O) groups is 2. The van der Waals surface area contributed by atoms with Gasteiger partial charge in [0.25, 0.3) is 0 Å². The Hall–Kier alpha value is -2.75. The van der Waals surface area contributed by atoms with Crippen molar-refractivity contribution >= 4 is 23.4 Å². The lowest BCUT2D eigenvalue weighted by molar-refractivity contribution is -0.115. The number of rotatable bonds is 4. The lowest BCUT2D eigenvalue weighted by atomic mass is 10.0. The smallest absolute Gasteiger partial charge is 0.407 e. The van der Waals surface area contributed by atoms with Crippen molar-refractivity contribution in [3.8, 4) is 6.07 Å². The van der Waals surface area contributed by atoms with E-state index in [4.69, 9.17) is 10.00 Å². The monoisotopic (exact) mass is 358 g/mol. The molecule has 2 rings (SSSR count). The Bertz CT molecular complexity index is 683. The highest BCUT2D eigenvalue weighted by molar-refractivity contribution is 5.95. The Kier molecular flexibility index (Phi) is 6.45. The van der Waals surface area contributed by atoms with E-state index in [0.29, 0.717) is 5.69 Å². The van der Waals surface area contributed by atoms with Crippen molar-refractivity contribution in [2.24, 2.45) is 0 Å². The number of alkyl carbamates (subject to hydrolysis) is 1. The molecule has 1 fully saturated rings. The van der Waals surface area contributed by atoms with Gasteiger partial charge < -0.3 is 20.3 Å². The lowest BCUT2D eigenvalue weighted by Crippen LogP contribution is -2.46. The maximum absolute atomic E-state index is 11.9. The van der Waals surface area contributed by atoms with Crippen LogP contribution in [0.2, 0.25) is 0 Å². The fourth-order valence-corrected chi connectivity index (χ4v) is 2.86. The van der Waals surface area contributed by atoms with Gasteiger partial charge in [-0.15, -0.1) is 0 Å². The minimum atomic E-state index is -0.509. The second-order valence-electron chi connectivity index (χ2n) is 7.31. The number of ether oxygens (including phenoxy) is 1. The van der Waals surface area contributed by atoms with Crippen LogP contribution in [0.1, 0.15) is 40.0 Å². The molecule has 0 aliphatic carbocycles. The summed E-state index contributed by atoms with van der Waals surface area (Å²) in [7, 11) is 0. The summed E-state index contributed by atoms with van der Waals surface area (Å²) in [4.78, 5) is 25.8. The average Bonchev–Trinajstić information content (AvgIpc) is 2.54. The molecule has 1 aromatic carbocycles. The van der Waals surface area contributed by atoms with Gasteiger partial charge in [0.2, 0.25) is 5.91 Å². The molecule has 1 saturated heterocycles. The van der Waals surface area contributed by atoms with E-state index in [1.807, 2.05) is 51.1 Å². The second-order valence-corrected chi connectivity index (χ2v) is 7.31. The fourth-order valence-electron chi connectivity index (χ4n) is 2.86. The third kappa shape index (κ3) is 5.96. The summed E-state index contributed by atoms with van der Waals surface area (Å²) >= 11 is 0. The first kappa shape index (κ1) is 19.6. The number of carbonyl (C=O) groups excluding carboxylic acids is 2. The maximum atomic E-state index is 11.9. The van der Waals surface area contributed by atoms with Crippen LogP contribution >= 0.6 is 0 Å². The summed E-state index contributed by atoms with van der Waals surface area (Å²) in [5.41, 5.74) is 1.12. The predicted molar refractivity (Wildman–Crippen MR) is 99.9 cm³/mol. The fraction of sp³-hybridized carbons (Fsp3) is 0.526. The molecule has 7 heteroatoms. The van der Waals surface area contributed by atoms with E-state index >= 15 is 0 Å². The van der Waals surface area contributed by atoms with Gasteiger partial charge in [0.1, 0.15) is 12.0 Å². The number of nitrogens with one attached hydrogen (secondary N) is 2. The molecule has 0 radical (unpaired) electrons. The molecular formula is C19H26N4O3. The predicted octanol–water partition coefficient (Wildman–Crippen LogP) is 3.03. The highest BCUT2D eigenvalue weighted by Gasteiger charge is 2.24. The van der Waals surface area contributed by atoms with Crippen LogP contribution in [-0.2, 0) is 9.53 Å². The van der Waals surface area contributed by atoms with E-state index in [2.05, 4.69) is 15.5 Å². The van der Waals surface area contributed by atoms with Crippen LogP contribution in [-0.4, -0.2) is 36.7 Å². The molecule has 0 spiro atoms. The second kappa shape index (κ2) is 8.56. The van der Waals surface area contributed by atoms with Crippen LogP contribution in [0.15, 0.2) is 24.3 Å². The zero-order valence-electron chi connectivity index (χ0n) is 15.5. The van der Waals surface area contributed by atoms with Gasteiger partial charge >= 0.3 is 6.09 Å². The lowest BCUT2D eigenvalue weighted by Gasteiger charge is -2.35. The van der Waals surface area contributed by atoms with E-state index in [-0.39, 0.29) is 24.5 Å². The molecule has 2 amide bonds. The summed E-state index contributed by atoms with van der Waals surface area (Å²) in [5.74, 6) is -0.318. The van der Waals surface area contributed by atoms with Crippen LogP contribution in [0.4, 0.5) is 16.2 Å². The Morgan fingerprint density at radius 3 is 2.54 bits per heavy atom. The van der Waals surface area contributed by atoms with Gasteiger partial charge in [-0.25, -0.2) is 4.79 Å². The summed E-state index contributed by atoms with van der Waals surface area (Å²) in [6.07, 6.45) is 1.02. The van der Waals surface area contributed by atoms with Gasteiger partial charge in [-0.3, -0.25) is 4.79 Å². The summed E-state index contributed by atoms with van der Waals surface area (Å²) in [6.45, 7) is 7.03. The molecule has 0 aromatic heterocycles. The van der Waals surface area contributed by atoms with Gasteiger partial charge in [-0.05, 0) is 45.7 Å². The summed E-state index contributed by atoms with van der Waals surface area (Å²) in [5, 5.41) is 14.3. The number of amides is 2. The highest BCUT2D eigenvalue weighted by Crippen LogP contribution is 2.28. The zero-order chi connectivity index (χ0) is 19.2. The standard InChI is InChI=1S/C19H26N4O3/c1-19(2,3)26-18(25)21-14-9-12-23(13-10-14)16-7-5-4-6-15(16)22-17(24)8-11-20/h4-7,14H,8-10,12-13H2,1-3H3,(H,21,25)(H,22,24). The largest absolute Gasteiger partial charge is 0.444 e. The van der Waals surface area contributed by atoms with Crippen LogP contribution in [0, 0.1) is 11.3 Å². The molecule has 1 aromatic rings. The van der Waals surface area contributed by atoms with Crippen LogP contribution in [0.3, 0.4) is 0 Å². The number of nitrogens with zero attached hydrogens (tertiary/aromatic N) is 2. The van der Waals surface area contributed by atoms with Crippen molar-refractivity contribution in [1.82, 2.24) is 5.32 Å². The van der Waals surface area contributed by atoms with Crippen molar-refractivity contribution in [2.75, 3.05) is 23.3 Å². The third-order valence-electron chi connectivity index (χ3n) is 3.97. The molecule has 1 heterocycles. The molecule has 0 atom stereocenters. The number of nitriles is 1. The molecule has 1 aliphatic heterocycles. The number of piperidine rings is 1. The minimum Gasteiger partial charge on any atom is -0.444 e. The van der Waals surface area contributed by atoms with Gasteiger partial charge in [0.15, 0.2) is 0 Å². The number of anilines is 2. The Labute approximate surface area is 154 Å². The van der Waals surface area contributed by atoms with E-state index in [9.17, 15) is 9.59 Å². The van der Waals surface area contributed by atoms with Crippen molar-refractivity contribution in [3.63, 3.8) is 0 Å². The van der Waals surface area contributed by atoms with Crippen LogP contribution < -0.4 is 15.5 Å². The molecule has 26 heavy (non-hydrogen) atoms. The number of hydrogen-bond donors (Lipinski definition) is 2. The number of benzene rings is 1. The van der Waals surface area contributed by atoms with Gasteiger partial charge in [-0.2, -0.15) is 5.26 Å². The van der Waals surface area contributed by atoms with E-state index < -0.39 is 5.60 Å². The van der Waals surface area contributed by atoms with Crippen LogP contribution in [0.25, 0.3) is 0 Å². The quantitative estimate of drug-likeness (QED) is 0.863. The first-order chi connectivity index (χ1) is 12.3. The number of para-hydroxylation sites is 2. The first-order valence-corrected chi connectivity index (χ1v) is 8.79. The normalized spacial score (nSPS) is 15.1.